The molecule has 226 valence electrons. The Morgan fingerprint density at radius 3 is 1.77 bits per heavy atom. The van der Waals surface area contributed by atoms with Gasteiger partial charge in [0.05, 0.1) is 16.8 Å². The van der Waals surface area contributed by atoms with Crippen molar-refractivity contribution in [2.75, 3.05) is 6.54 Å². The largest absolute Gasteiger partial charge is 0.461 e. The molecule has 0 radical (unpaired) electrons. The predicted molar refractivity (Wildman–Crippen MR) is 174 cm³/mol. The lowest BCUT2D eigenvalue weighted by molar-refractivity contribution is -0.172. The van der Waals surface area contributed by atoms with E-state index in [0.29, 0.717) is 18.0 Å². The normalized spacial score (nSPS) is 17.2. The zero-order valence-corrected chi connectivity index (χ0v) is 25.7. The number of carbonyl (C=O) groups is 2. The fourth-order valence-electron chi connectivity index (χ4n) is 5.42. The van der Waals surface area contributed by atoms with Crippen molar-refractivity contribution >= 4 is 29.1 Å². The summed E-state index contributed by atoms with van der Waals surface area (Å²) in [5.74, 6) is -0.894. The van der Waals surface area contributed by atoms with Gasteiger partial charge in [-0.3, -0.25) is 9.59 Å². The molecule has 0 spiro atoms. The monoisotopic (exact) mass is 607 g/mol. The SMILES string of the molecule is CCCN(Cc1ccc(Oc2ccccc2)cc1)C(=S)C1CC(C(=O)OCc2ccccc2)C1C(=O)OCc1ccccc1. The molecule has 0 bridgehead atoms. The number of rotatable bonds is 13. The van der Waals surface area contributed by atoms with Crippen LogP contribution in [0.2, 0.25) is 0 Å². The Bertz CT molecular complexity index is 1510. The first-order chi connectivity index (χ1) is 21.5. The van der Waals surface area contributed by atoms with Gasteiger partial charge in [-0.05, 0) is 53.8 Å². The van der Waals surface area contributed by atoms with Crippen LogP contribution in [-0.4, -0.2) is 28.4 Å². The van der Waals surface area contributed by atoms with Gasteiger partial charge in [0.15, 0.2) is 0 Å². The third-order valence-corrected chi connectivity index (χ3v) is 8.36. The van der Waals surface area contributed by atoms with Gasteiger partial charge >= 0.3 is 11.9 Å². The maximum absolute atomic E-state index is 13.5. The second-order valence-corrected chi connectivity index (χ2v) is 11.4. The molecular formula is C37H37NO5S. The average Bonchev–Trinajstić information content (AvgIpc) is 3.04. The lowest BCUT2D eigenvalue weighted by atomic mass is 9.64. The summed E-state index contributed by atoms with van der Waals surface area (Å²) in [7, 11) is 0. The van der Waals surface area contributed by atoms with Gasteiger partial charge in [0, 0.05) is 19.0 Å². The molecule has 0 saturated heterocycles. The summed E-state index contributed by atoms with van der Waals surface area (Å²) in [6.07, 6.45) is 1.33. The lowest BCUT2D eigenvalue weighted by Crippen LogP contribution is -2.53. The van der Waals surface area contributed by atoms with E-state index < -0.39 is 23.8 Å². The quantitative estimate of drug-likeness (QED) is 0.114. The fraction of sp³-hybridized carbons (Fsp3) is 0.270. The summed E-state index contributed by atoms with van der Waals surface area (Å²) >= 11 is 6.02. The number of ether oxygens (including phenoxy) is 3. The van der Waals surface area contributed by atoms with Crippen LogP contribution in [0.5, 0.6) is 11.5 Å². The van der Waals surface area contributed by atoms with Gasteiger partial charge in [-0.2, -0.15) is 0 Å². The molecule has 1 aliphatic carbocycles. The van der Waals surface area contributed by atoms with Crippen molar-refractivity contribution in [3.8, 4) is 11.5 Å². The van der Waals surface area contributed by atoms with E-state index in [1.165, 1.54) is 0 Å². The molecule has 1 saturated carbocycles. The summed E-state index contributed by atoms with van der Waals surface area (Å²) in [5.41, 5.74) is 2.85. The predicted octanol–water partition coefficient (Wildman–Crippen LogP) is 7.76. The Morgan fingerprint density at radius 2 is 1.20 bits per heavy atom. The standard InChI is InChI=1S/C37H37NO5S/c1-2-22-38(24-27-18-20-31(21-19-27)43-30-16-10-5-11-17-30)35(44)32-23-33(36(39)41-25-28-12-6-3-7-13-28)34(32)37(40)42-26-29-14-8-4-9-15-29/h3-21,32-34H,2,22-26H2,1H3. The van der Waals surface area contributed by atoms with Crippen molar-refractivity contribution in [2.24, 2.45) is 17.8 Å². The molecule has 4 aromatic rings. The zero-order valence-electron chi connectivity index (χ0n) is 24.8. The third-order valence-electron chi connectivity index (χ3n) is 7.80. The lowest BCUT2D eigenvalue weighted by Gasteiger charge is -2.44. The van der Waals surface area contributed by atoms with Gasteiger partial charge in [0.25, 0.3) is 0 Å². The Hall–Kier alpha value is -4.49. The molecule has 0 N–H and O–H groups in total. The maximum Gasteiger partial charge on any atom is 0.310 e. The minimum atomic E-state index is -0.699. The number of benzene rings is 4. The fourth-order valence-corrected chi connectivity index (χ4v) is 5.82. The van der Waals surface area contributed by atoms with E-state index >= 15 is 0 Å². The van der Waals surface area contributed by atoms with E-state index in [1.807, 2.05) is 115 Å². The molecule has 7 heteroatoms. The van der Waals surface area contributed by atoms with Crippen LogP contribution in [0.1, 0.15) is 36.5 Å². The first kappa shape index (κ1) is 31.0. The highest BCUT2D eigenvalue weighted by Gasteiger charge is 2.53. The van der Waals surface area contributed by atoms with E-state index in [-0.39, 0.29) is 19.1 Å². The molecule has 1 fully saturated rings. The molecule has 0 aliphatic heterocycles. The van der Waals surface area contributed by atoms with E-state index in [4.69, 9.17) is 26.4 Å². The Morgan fingerprint density at radius 1 is 0.682 bits per heavy atom. The Balaban J connectivity index is 1.27. The second-order valence-electron chi connectivity index (χ2n) is 11.0. The molecule has 5 rings (SSSR count). The zero-order chi connectivity index (χ0) is 30.7. The topological polar surface area (TPSA) is 65.1 Å². The van der Waals surface area contributed by atoms with Gasteiger partial charge in [0.2, 0.25) is 0 Å². The first-order valence-electron chi connectivity index (χ1n) is 15.0. The summed E-state index contributed by atoms with van der Waals surface area (Å²) in [6, 6.07) is 36.6. The number of nitrogens with zero attached hydrogens (tertiary/aromatic N) is 1. The molecule has 3 unspecified atom stereocenters. The van der Waals surface area contributed by atoms with Gasteiger partial charge in [0.1, 0.15) is 24.7 Å². The van der Waals surface area contributed by atoms with Crippen LogP contribution < -0.4 is 4.74 Å². The third kappa shape index (κ3) is 8.11. The van der Waals surface area contributed by atoms with Crippen molar-refractivity contribution in [2.45, 2.75) is 39.5 Å². The highest BCUT2D eigenvalue weighted by Crippen LogP contribution is 2.44. The minimum Gasteiger partial charge on any atom is -0.461 e. The first-order valence-corrected chi connectivity index (χ1v) is 15.4. The average molecular weight is 608 g/mol. The molecule has 1 aliphatic rings. The second kappa shape index (κ2) is 15.3. The summed E-state index contributed by atoms with van der Waals surface area (Å²) in [5, 5.41) is 0. The van der Waals surface area contributed by atoms with E-state index in [2.05, 4.69) is 11.8 Å². The maximum atomic E-state index is 13.5. The highest BCUT2D eigenvalue weighted by atomic mass is 32.1. The summed E-state index contributed by atoms with van der Waals surface area (Å²) < 4.78 is 17.3. The van der Waals surface area contributed by atoms with Crippen LogP contribution in [0.3, 0.4) is 0 Å². The number of hydrogen-bond acceptors (Lipinski definition) is 6. The van der Waals surface area contributed by atoms with Crippen molar-refractivity contribution in [1.82, 2.24) is 4.90 Å². The number of hydrogen-bond donors (Lipinski definition) is 0. The van der Waals surface area contributed by atoms with Crippen LogP contribution in [-0.2, 0) is 38.8 Å². The Labute approximate surface area is 264 Å². The number of para-hydroxylation sites is 1. The molecule has 3 atom stereocenters. The minimum absolute atomic E-state index is 0.136. The van der Waals surface area contributed by atoms with Crippen molar-refractivity contribution < 1.29 is 23.8 Å². The smallest absolute Gasteiger partial charge is 0.310 e. The number of thiocarbonyl (C=S) groups is 1. The summed E-state index contributed by atoms with van der Waals surface area (Å²) in [6.45, 7) is 3.71. The van der Waals surface area contributed by atoms with Crippen LogP contribution in [0.4, 0.5) is 0 Å². The van der Waals surface area contributed by atoms with Crippen molar-refractivity contribution in [1.29, 1.82) is 0 Å². The van der Waals surface area contributed by atoms with Crippen molar-refractivity contribution in [3.05, 3.63) is 132 Å². The van der Waals surface area contributed by atoms with Gasteiger partial charge in [-0.25, -0.2) is 0 Å². The van der Waals surface area contributed by atoms with Gasteiger partial charge < -0.3 is 19.1 Å². The van der Waals surface area contributed by atoms with Crippen LogP contribution in [0.15, 0.2) is 115 Å². The van der Waals surface area contributed by atoms with Crippen LogP contribution in [0, 0.1) is 17.8 Å². The van der Waals surface area contributed by atoms with E-state index in [1.54, 1.807) is 0 Å². The molecule has 0 heterocycles. The van der Waals surface area contributed by atoms with E-state index in [0.717, 1.165) is 41.2 Å². The van der Waals surface area contributed by atoms with Gasteiger partial charge in [-0.1, -0.05) is 110 Å². The van der Waals surface area contributed by atoms with Crippen molar-refractivity contribution in [3.63, 3.8) is 0 Å². The highest BCUT2D eigenvalue weighted by molar-refractivity contribution is 7.80. The molecular weight excluding hydrogens is 570 g/mol. The van der Waals surface area contributed by atoms with Crippen LogP contribution >= 0.6 is 12.2 Å². The number of carbonyl (C=O) groups excluding carboxylic acids is 2. The van der Waals surface area contributed by atoms with E-state index in [9.17, 15) is 9.59 Å². The summed E-state index contributed by atoms with van der Waals surface area (Å²) in [4.78, 5) is 29.5. The molecule has 44 heavy (non-hydrogen) atoms. The molecule has 6 nitrogen and oxygen atoms in total. The molecule has 0 amide bonds. The van der Waals surface area contributed by atoms with Crippen LogP contribution in [0.25, 0.3) is 0 Å². The van der Waals surface area contributed by atoms with Gasteiger partial charge in [-0.15, -0.1) is 0 Å². The molecule has 0 aromatic heterocycles. The molecule has 4 aromatic carbocycles. The number of esters is 2. The Kier molecular flexibility index (Phi) is 10.8.